The van der Waals surface area contributed by atoms with Gasteiger partial charge in [0.2, 0.25) is 0 Å². The fourth-order valence-corrected chi connectivity index (χ4v) is 3.90. The predicted molar refractivity (Wildman–Crippen MR) is 109 cm³/mol. The molecule has 3 heterocycles. The van der Waals surface area contributed by atoms with Crippen LogP contribution >= 0.6 is 0 Å². The van der Waals surface area contributed by atoms with Gasteiger partial charge in [-0.2, -0.15) is 0 Å². The van der Waals surface area contributed by atoms with Crippen molar-refractivity contribution in [3.8, 4) is 11.5 Å². The standard InChI is InChI=1S/C21H16N4O4/c26-18-12-7-1-2-9-14(12)22-20(28)15(18)23-24-16-19(27)13-8-3-5-11-6-4-10-25(17(11)13)21(16)29/h1-3,5,7-9,27H,4,6,10H2,(H2,22,26,28). The van der Waals surface area contributed by atoms with Crippen LogP contribution in [0.3, 0.4) is 0 Å². The first-order valence-electron chi connectivity index (χ1n) is 9.19. The number of aromatic nitrogens is 2. The molecular formula is C21H16N4O4. The smallest absolute Gasteiger partial charge is 0.282 e. The molecule has 29 heavy (non-hydrogen) atoms. The number of rotatable bonds is 2. The molecule has 4 aromatic rings. The minimum absolute atomic E-state index is 0.261. The zero-order valence-electron chi connectivity index (χ0n) is 15.2. The molecule has 2 aromatic carbocycles. The van der Waals surface area contributed by atoms with Crippen LogP contribution in [0.4, 0.5) is 11.4 Å². The van der Waals surface area contributed by atoms with Crippen LogP contribution in [-0.2, 0) is 13.0 Å². The highest BCUT2D eigenvalue weighted by Crippen LogP contribution is 2.37. The van der Waals surface area contributed by atoms with Gasteiger partial charge < -0.3 is 19.8 Å². The number of benzene rings is 2. The summed E-state index contributed by atoms with van der Waals surface area (Å²) in [5, 5.41) is 29.7. The molecule has 144 valence electrons. The van der Waals surface area contributed by atoms with E-state index in [-0.39, 0.29) is 22.9 Å². The Morgan fingerprint density at radius 2 is 1.62 bits per heavy atom. The van der Waals surface area contributed by atoms with E-state index < -0.39 is 11.1 Å². The molecule has 0 atom stereocenters. The minimum atomic E-state index is -0.644. The van der Waals surface area contributed by atoms with Crippen LogP contribution < -0.4 is 11.1 Å². The van der Waals surface area contributed by atoms with E-state index in [4.69, 9.17) is 0 Å². The number of hydrogen-bond acceptors (Lipinski definition) is 6. The Bertz CT molecular complexity index is 1450. The number of hydrogen-bond donors (Lipinski definition) is 3. The fraction of sp³-hybridized carbons (Fsp3) is 0.143. The molecule has 5 rings (SSSR count). The number of nitrogens with one attached hydrogen (secondary N) is 1. The van der Waals surface area contributed by atoms with Crippen LogP contribution in [0.15, 0.2) is 62.3 Å². The molecule has 1 aliphatic heterocycles. The van der Waals surface area contributed by atoms with Crippen LogP contribution in [0.5, 0.6) is 11.5 Å². The zero-order chi connectivity index (χ0) is 20.1. The van der Waals surface area contributed by atoms with E-state index >= 15 is 0 Å². The van der Waals surface area contributed by atoms with Gasteiger partial charge in [0.1, 0.15) is 0 Å². The summed E-state index contributed by atoms with van der Waals surface area (Å²) in [6.07, 6.45) is 1.63. The zero-order valence-corrected chi connectivity index (χ0v) is 15.2. The monoisotopic (exact) mass is 388 g/mol. The van der Waals surface area contributed by atoms with E-state index in [0.717, 1.165) is 18.4 Å². The number of para-hydroxylation sites is 2. The van der Waals surface area contributed by atoms with Gasteiger partial charge in [-0.3, -0.25) is 9.59 Å². The lowest BCUT2D eigenvalue weighted by Gasteiger charge is -2.20. The Labute approximate surface area is 163 Å². The maximum Gasteiger partial charge on any atom is 0.282 e. The van der Waals surface area contributed by atoms with E-state index in [1.165, 1.54) is 0 Å². The molecule has 0 spiro atoms. The van der Waals surface area contributed by atoms with E-state index in [1.807, 2.05) is 12.1 Å². The van der Waals surface area contributed by atoms with E-state index in [2.05, 4.69) is 15.2 Å². The Hall–Kier alpha value is -3.94. The topological polar surface area (TPSA) is 120 Å². The van der Waals surface area contributed by atoms with Gasteiger partial charge in [0.15, 0.2) is 22.9 Å². The van der Waals surface area contributed by atoms with Crippen molar-refractivity contribution in [1.82, 2.24) is 9.55 Å². The summed E-state index contributed by atoms with van der Waals surface area (Å²) in [6.45, 7) is 0.511. The highest BCUT2D eigenvalue weighted by atomic mass is 16.3. The van der Waals surface area contributed by atoms with Crippen molar-refractivity contribution >= 4 is 33.2 Å². The number of aryl methyl sites for hydroxylation is 2. The molecule has 2 aromatic heterocycles. The molecule has 0 saturated heterocycles. The van der Waals surface area contributed by atoms with Crippen LogP contribution in [-0.4, -0.2) is 19.8 Å². The third kappa shape index (κ3) is 2.53. The Balaban J connectivity index is 1.73. The van der Waals surface area contributed by atoms with Crippen molar-refractivity contribution in [2.45, 2.75) is 19.4 Å². The fourth-order valence-electron chi connectivity index (χ4n) is 3.90. The van der Waals surface area contributed by atoms with E-state index in [1.54, 1.807) is 34.9 Å². The maximum absolute atomic E-state index is 12.9. The first-order chi connectivity index (χ1) is 14.1. The summed E-state index contributed by atoms with van der Waals surface area (Å²) in [5.41, 5.74) is 0.439. The number of pyridine rings is 2. The molecule has 8 heteroatoms. The number of nitrogens with zero attached hydrogens (tertiary/aromatic N) is 3. The Morgan fingerprint density at radius 3 is 2.48 bits per heavy atom. The number of fused-ring (bicyclic) bond motifs is 1. The number of H-pyrrole nitrogens is 1. The van der Waals surface area contributed by atoms with Crippen LogP contribution in [0, 0.1) is 0 Å². The normalized spacial score (nSPS) is 13.5. The van der Waals surface area contributed by atoms with Crippen molar-refractivity contribution in [3.63, 3.8) is 0 Å². The summed E-state index contributed by atoms with van der Waals surface area (Å²) in [4.78, 5) is 27.9. The first-order valence-corrected chi connectivity index (χ1v) is 9.19. The van der Waals surface area contributed by atoms with Crippen LogP contribution in [0.2, 0.25) is 0 Å². The third-order valence-electron chi connectivity index (χ3n) is 5.26. The molecule has 0 saturated carbocycles. The van der Waals surface area contributed by atoms with Gasteiger partial charge in [0.05, 0.1) is 11.0 Å². The highest BCUT2D eigenvalue weighted by molar-refractivity contribution is 5.92. The summed E-state index contributed by atoms with van der Waals surface area (Å²) < 4.78 is 1.58. The molecule has 1 aliphatic rings. The Kier molecular flexibility index (Phi) is 3.73. The van der Waals surface area contributed by atoms with E-state index in [9.17, 15) is 19.8 Å². The highest BCUT2D eigenvalue weighted by Gasteiger charge is 2.21. The summed E-state index contributed by atoms with van der Waals surface area (Å²) in [5.74, 6) is -0.623. The molecule has 0 radical (unpaired) electrons. The molecule has 8 nitrogen and oxygen atoms in total. The summed E-state index contributed by atoms with van der Waals surface area (Å²) in [6, 6.07) is 12.2. The number of aromatic amines is 1. The lowest BCUT2D eigenvalue weighted by atomic mass is 10.0. The van der Waals surface area contributed by atoms with Gasteiger partial charge in [-0.05, 0) is 36.6 Å². The second-order valence-electron chi connectivity index (χ2n) is 6.97. The van der Waals surface area contributed by atoms with Gasteiger partial charge >= 0.3 is 0 Å². The van der Waals surface area contributed by atoms with E-state index in [0.29, 0.717) is 28.4 Å². The summed E-state index contributed by atoms with van der Waals surface area (Å²) in [7, 11) is 0. The number of aromatic hydroxyl groups is 2. The molecular weight excluding hydrogens is 372 g/mol. The molecule has 0 bridgehead atoms. The second-order valence-corrected chi connectivity index (χ2v) is 6.97. The lowest BCUT2D eigenvalue weighted by Crippen LogP contribution is -2.24. The molecule has 0 amide bonds. The van der Waals surface area contributed by atoms with Gasteiger partial charge in [-0.15, -0.1) is 10.2 Å². The lowest BCUT2D eigenvalue weighted by molar-refractivity contribution is 0.477. The van der Waals surface area contributed by atoms with Crippen molar-refractivity contribution in [2.24, 2.45) is 10.2 Å². The largest absolute Gasteiger partial charge is 0.505 e. The van der Waals surface area contributed by atoms with Crippen LogP contribution in [0.25, 0.3) is 21.8 Å². The second kappa shape index (κ2) is 6.30. The molecule has 0 unspecified atom stereocenters. The molecule has 0 fully saturated rings. The first kappa shape index (κ1) is 17.2. The summed E-state index contributed by atoms with van der Waals surface area (Å²) >= 11 is 0. The van der Waals surface area contributed by atoms with Gasteiger partial charge in [-0.25, -0.2) is 0 Å². The average Bonchev–Trinajstić information content (AvgIpc) is 2.73. The Morgan fingerprint density at radius 1 is 0.897 bits per heavy atom. The van der Waals surface area contributed by atoms with Crippen molar-refractivity contribution in [2.75, 3.05) is 0 Å². The quantitative estimate of drug-likeness (QED) is 0.454. The predicted octanol–water partition coefficient (Wildman–Crippen LogP) is 3.62. The number of azo groups is 1. The van der Waals surface area contributed by atoms with Gasteiger partial charge in [0, 0.05) is 17.3 Å². The van der Waals surface area contributed by atoms with Crippen molar-refractivity contribution < 1.29 is 10.2 Å². The maximum atomic E-state index is 12.9. The average molecular weight is 388 g/mol. The van der Waals surface area contributed by atoms with Crippen molar-refractivity contribution in [1.29, 1.82) is 0 Å². The molecule has 3 N–H and O–H groups in total. The molecule has 0 aliphatic carbocycles. The third-order valence-corrected chi connectivity index (χ3v) is 5.26. The van der Waals surface area contributed by atoms with Gasteiger partial charge in [0.25, 0.3) is 11.1 Å². The van der Waals surface area contributed by atoms with Crippen LogP contribution in [0.1, 0.15) is 12.0 Å². The van der Waals surface area contributed by atoms with Gasteiger partial charge in [-0.1, -0.05) is 24.3 Å². The van der Waals surface area contributed by atoms with Crippen molar-refractivity contribution in [3.05, 3.63) is 68.7 Å². The minimum Gasteiger partial charge on any atom is -0.505 e. The SMILES string of the molecule is O=c1[nH]c2ccccc2c(O)c1N=Nc1c(O)c2cccc3c2n(c1=O)CCC3.